The highest BCUT2D eigenvalue weighted by Gasteiger charge is 2.12. The van der Waals surface area contributed by atoms with Crippen LogP contribution in [0.4, 0.5) is 37.1 Å². The summed E-state index contributed by atoms with van der Waals surface area (Å²) in [5.41, 5.74) is 4.45. The van der Waals surface area contributed by atoms with Crippen molar-refractivity contribution in [3.05, 3.63) is 47.5 Å². The summed E-state index contributed by atoms with van der Waals surface area (Å²) in [6.07, 6.45) is -0.995. The molecule has 0 aliphatic carbocycles. The van der Waals surface area contributed by atoms with Gasteiger partial charge in [0.05, 0.1) is 11.4 Å². The average molecular weight is 555 g/mol. The fraction of sp³-hybridized carbons (Fsp3) is 0.333. The molecule has 0 saturated heterocycles. The summed E-state index contributed by atoms with van der Waals surface area (Å²) in [5, 5.41) is 17.7. The van der Waals surface area contributed by atoms with Crippen molar-refractivity contribution in [3.8, 4) is 0 Å². The first-order valence-electron chi connectivity index (χ1n) is 12.5. The summed E-state index contributed by atoms with van der Waals surface area (Å²) in [4.78, 5) is 57.7. The van der Waals surface area contributed by atoms with Gasteiger partial charge in [-0.1, -0.05) is 24.2 Å². The minimum Gasteiger partial charge on any atom is -0.439 e. The quantitative estimate of drug-likeness (QED) is 0.155. The molecule has 2 aromatic rings. The number of carbonyl (C=O) groups excluding carboxylic acids is 4. The number of nitrogens with zero attached hydrogens (tertiary/aromatic N) is 2. The second-order valence-electron chi connectivity index (χ2n) is 8.68. The van der Waals surface area contributed by atoms with Crippen LogP contribution in [-0.4, -0.2) is 42.2 Å². The van der Waals surface area contributed by atoms with Gasteiger partial charge in [0.15, 0.2) is 6.61 Å². The zero-order chi connectivity index (χ0) is 29.7. The lowest BCUT2D eigenvalue weighted by molar-refractivity contribution is -0.118. The predicted octanol–water partition coefficient (Wildman–Crippen LogP) is 6.16. The Morgan fingerprint density at radius 3 is 1.55 bits per heavy atom. The van der Waals surface area contributed by atoms with Crippen LogP contribution in [0.3, 0.4) is 0 Å². The van der Waals surface area contributed by atoms with E-state index in [-0.39, 0.29) is 0 Å². The summed E-state index contributed by atoms with van der Waals surface area (Å²) in [5.74, 6) is -0.561. The molecule has 0 spiro atoms. The molecule has 4 amide bonds. The summed E-state index contributed by atoms with van der Waals surface area (Å²) in [7, 11) is 0. The number of carbonyl (C=O) groups is 4. The van der Waals surface area contributed by atoms with Crippen LogP contribution >= 0.6 is 0 Å². The lowest BCUT2D eigenvalue weighted by atomic mass is 10.2. The second kappa shape index (κ2) is 15.5. The molecule has 0 unspecified atom stereocenters. The smallest absolute Gasteiger partial charge is 0.437 e. The van der Waals surface area contributed by atoms with E-state index >= 15 is 0 Å². The van der Waals surface area contributed by atoms with Crippen molar-refractivity contribution in [2.75, 3.05) is 27.9 Å². The number of anilines is 4. The lowest BCUT2D eigenvalue weighted by Gasteiger charge is -2.12. The van der Waals surface area contributed by atoms with Crippen molar-refractivity contribution in [1.82, 2.24) is 0 Å². The number of nitrogens with one attached hydrogen (secondary N) is 4. The monoisotopic (exact) mass is 554 g/mol. The number of aryl methyl sites for hydroxylation is 2. The number of oxime groups is 2. The first kappa shape index (κ1) is 31.3. The van der Waals surface area contributed by atoms with E-state index in [1.165, 1.54) is 0 Å². The molecule has 13 heteroatoms. The molecule has 0 atom stereocenters. The van der Waals surface area contributed by atoms with Gasteiger partial charge in [0, 0.05) is 22.7 Å². The first-order valence-corrected chi connectivity index (χ1v) is 12.5. The topological polar surface area (TPSA) is 169 Å². The van der Waals surface area contributed by atoms with Gasteiger partial charge in [-0.3, -0.25) is 30.4 Å². The van der Waals surface area contributed by atoms with E-state index in [1.807, 2.05) is 13.8 Å². The van der Waals surface area contributed by atoms with Crippen molar-refractivity contribution in [2.24, 2.45) is 10.3 Å². The second-order valence-corrected chi connectivity index (χ2v) is 8.68. The minimum absolute atomic E-state index is 0.398. The third-order valence-corrected chi connectivity index (χ3v) is 5.38. The zero-order valence-corrected chi connectivity index (χ0v) is 23.3. The normalized spacial score (nSPS) is 11.2. The molecular weight excluding hydrogens is 520 g/mol. The Bertz CT molecular complexity index is 1210. The van der Waals surface area contributed by atoms with E-state index in [4.69, 9.17) is 14.4 Å². The molecule has 0 aliphatic rings. The van der Waals surface area contributed by atoms with Crippen molar-refractivity contribution in [2.45, 2.75) is 54.4 Å². The number of ether oxygens (including phenoxy) is 1. The average Bonchev–Trinajstić information content (AvgIpc) is 2.92. The van der Waals surface area contributed by atoms with E-state index in [2.05, 4.69) is 31.6 Å². The van der Waals surface area contributed by atoms with Gasteiger partial charge in [-0.05, 0) is 88.1 Å². The first-order chi connectivity index (χ1) is 19.0. The molecule has 0 fully saturated rings. The summed E-state index contributed by atoms with van der Waals surface area (Å²) in [6, 6.07) is 9.55. The van der Waals surface area contributed by atoms with Crippen LogP contribution in [0.1, 0.15) is 51.7 Å². The third-order valence-electron chi connectivity index (χ3n) is 5.38. The van der Waals surface area contributed by atoms with E-state index < -0.39 is 30.8 Å². The number of hydrogen-bond acceptors (Lipinski definition) is 9. The Hall–Kier alpha value is -4.94. The summed E-state index contributed by atoms with van der Waals surface area (Å²) >= 11 is 0. The Morgan fingerprint density at radius 2 is 1.12 bits per heavy atom. The Labute approximate surface area is 232 Å². The van der Waals surface area contributed by atoms with Crippen LogP contribution in [0.2, 0.25) is 0 Å². The molecule has 0 bridgehead atoms. The molecule has 0 radical (unpaired) electrons. The van der Waals surface area contributed by atoms with Crippen LogP contribution in [0.25, 0.3) is 0 Å². The number of benzene rings is 2. The molecule has 0 aromatic heterocycles. The van der Waals surface area contributed by atoms with Crippen molar-refractivity contribution in [1.29, 1.82) is 0 Å². The molecule has 2 aromatic carbocycles. The molecule has 40 heavy (non-hydrogen) atoms. The minimum atomic E-state index is -0.839. The lowest BCUT2D eigenvalue weighted by Crippen LogP contribution is -2.23. The third kappa shape index (κ3) is 10.8. The van der Waals surface area contributed by atoms with E-state index in [0.717, 1.165) is 0 Å². The van der Waals surface area contributed by atoms with Gasteiger partial charge in [0.25, 0.3) is 5.91 Å². The maximum atomic E-state index is 12.3. The van der Waals surface area contributed by atoms with Crippen molar-refractivity contribution in [3.63, 3.8) is 0 Å². The molecular formula is C27H34N6O7. The molecule has 4 N–H and O–H groups in total. The van der Waals surface area contributed by atoms with Gasteiger partial charge in [-0.2, -0.15) is 0 Å². The Balaban J connectivity index is 1.82. The van der Waals surface area contributed by atoms with E-state index in [1.54, 1.807) is 64.1 Å². The van der Waals surface area contributed by atoms with Gasteiger partial charge in [0.1, 0.15) is 0 Å². The molecule has 2 rings (SSSR count). The molecule has 0 saturated carbocycles. The maximum Gasteiger partial charge on any atom is 0.437 e. The maximum absolute atomic E-state index is 12.3. The molecule has 0 heterocycles. The van der Waals surface area contributed by atoms with Gasteiger partial charge >= 0.3 is 18.3 Å². The van der Waals surface area contributed by atoms with Crippen LogP contribution in [0.5, 0.6) is 0 Å². The summed E-state index contributed by atoms with van der Waals surface area (Å²) < 4.78 is 4.99. The number of hydrogen-bond donors (Lipinski definition) is 4. The molecule has 13 nitrogen and oxygen atoms in total. The van der Waals surface area contributed by atoms with Crippen LogP contribution in [0, 0.1) is 13.8 Å². The van der Waals surface area contributed by atoms with Crippen molar-refractivity contribution >= 4 is 58.4 Å². The van der Waals surface area contributed by atoms with Gasteiger partial charge in [-0.15, -0.1) is 0 Å². The summed E-state index contributed by atoms with van der Waals surface area (Å²) in [6.45, 7) is 10.2. The van der Waals surface area contributed by atoms with Crippen molar-refractivity contribution < 1.29 is 33.6 Å². The SMILES string of the molecule is CC/C(C)=N\OC(=O)Nc1ccc(NC(=O)COC(=O)Nc2ccc(NC(=O)O/N=C(/C)CC)c(C)c2)cc1C. The zero-order valence-electron chi connectivity index (χ0n) is 23.3. The number of rotatable bonds is 10. The van der Waals surface area contributed by atoms with Gasteiger partial charge in [-0.25, -0.2) is 14.4 Å². The van der Waals surface area contributed by atoms with Crippen LogP contribution in [-0.2, 0) is 19.2 Å². The van der Waals surface area contributed by atoms with Gasteiger partial charge < -0.3 is 10.1 Å². The fourth-order valence-corrected chi connectivity index (χ4v) is 2.88. The van der Waals surface area contributed by atoms with Crippen LogP contribution in [0.15, 0.2) is 46.7 Å². The highest BCUT2D eigenvalue weighted by Crippen LogP contribution is 2.21. The van der Waals surface area contributed by atoms with Gasteiger partial charge in [0.2, 0.25) is 0 Å². The Kier molecular flexibility index (Phi) is 12.1. The fourth-order valence-electron chi connectivity index (χ4n) is 2.88. The standard InChI is InChI=1S/C27H34N6O7/c1-7-18(5)32-39-26(36)30-22-11-9-20(13-16(22)3)28-24(34)15-38-25(35)29-21-10-12-23(17(4)14-21)31-27(37)40-33-19(6)8-2/h9-14H,7-8,15H2,1-6H3,(H,28,34)(H,29,35)(H,30,36)(H,31,37)/b32-18-,33-19-. The predicted molar refractivity (Wildman–Crippen MR) is 153 cm³/mol. The van der Waals surface area contributed by atoms with E-state index in [0.29, 0.717) is 58.1 Å². The highest BCUT2D eigenvalue weighted by atomic mass is 16.7. The van der Waals surface area contributed by atoms with Crippen LogP contribution < -0.4 is 21.3 Å². The largest absolute Gasteiger partial charge is 0.439 e. The Morgan fingerprint density at radius 1 is 0.675 bits per heavy atom. The highest BCUT2D eigenvalue weighted by molar-refractivity contribution is 5.95. The number of amides is 4. The van der Waals surface area contributed by atoms with E-state index in [9.17, 15) is 19.2 Å². The molecule has 0 aliphatic heterocycles. The molecule has 214 valence electrons.